The number of aryl methyl sites for hydroxylation is 2. The minimum atomic E-state index is -1.62. The molecule has 71 heavy (non-hydrogen) atoms. The molecule has 410 valence electrons. The van der Waals surface area contributed by atoms with E-state index in [2.05, 4.69) is 70.4 Å². The molecule has 0 radical (unpaired) electrons. The molecule has 2 rings (SSSR count). The van der Waals surface area contributed by atoms with Crippen molar-refractivity contribution in [2.75, 3.05) is 13.2 Å². The third-order valence-corrected chi connectivity index (χ3v) is 14.6. The molecule has 0 aliphatic rings. The van der Waals surface area contributed by atoms with E-state index < -0.39 is 49.8 Å². The normalized spacial score (nSPS) is 14.4. The zero-order valence-electron chi connectivity index (χ0n) is 45.3. The molecule has 0 aliphatic heterocycles. The van der Waals surface area contributed by atoms with Crippen LogP contribution in [0.15, 0.2) is 47.5 Å². The van der Waals surface area contributed by atoms with E-state index in [1.165, 1.54) is 112 Å². The average Bonchev–Trinajstić information content (AvgIpc) is 3.37. The zero-order valence-corrected chi connectivity index (χ0v) is 46.3. The van der Waals surface area contributed by atoms with E-state index in [0.29, 0.717) is 24.0 Å². The fourth-order valence-corrected chi connectivity index (χ4v) is 10.1. The summed E-state index contributed by atoms with van der Waals surface area (Å²) < 4.78 is 0. The number of unbranched alkanes of at least 4 members (excludes halogenated alkanes) is 16. The second-order valence-corrected chi connectivity index (χ2v) is 21.3. The quantitative estimate of drug-likeness (QED) is 0.00803. The van der Waals surface area contributed by atoms with Gasteiger partial charge in [-0.05, 0) is 95.9 Å². The van der Waals surface area contributed by atoms with Gasteiger partial charge >= 0.3 is 135 Å². The predicted molar refractivity (Wildman–Crippen MR) is 291 cm³/mol. The van der Waals surface area contributed by atoms with Gasteiger partial charge in [-0.3, -0.25) is 0 Å². The van der Waals surface area contributed by atoms with E-state index in [4.69, 9.17) is 0 Å². The number of aliphatic hydroxyl groups is 8. The molecule has 10 nitrogen and oxygen atoms in total. The first-order valence-corrected chi connectivity index (χ1v) is 29.5. The Hall–Kier alpha value is -2.49. The van der Waals surface area contributed by atoms with Gasteiger partial charge in [-0.15, -0.1) is 4.79 Å². The summed E-state index contributed by atoms with van der Waals surface area (Å²) in [4.78, 5) is 3.37. The second-order valence-electron chi connectivity index (χ2n) is 19.8. The number of aliphatic hydroxyl groups excluding tert-OH is 8. The van der Waals surface area contributed by atoms with Crippen LogP contribution in [0.5, 0.6) is 0 Å². The molecule has 2 aromatic carbocycles. The zero-order chi connectivity index (χ0) is 52.7. The molecule has 0 saturated carbocycles. The van der Waals surface area contributed by atoms with Crippen LogP contribution in [0.25, 0.3) is 11.1 Å². The van der Waals surface area contributed by atoms with E-state index in [1.807, 2.05) is 26.6 Å². The Bertz CT molecular complexity index is 1690. The maximum absolute atomic E-state index is 11.0. The molecule has 8 N–H and O–H groups in total. The van der Waals surface area contributed by atoms with Gasteiger partial charge in [0.1, 0.15) is 24.4 Å². The Balaban J connectivity index is 0.00000111. The molecule has 0 fully saturated rings. The van der Waals surface area contributed by atoms with Gasteiger partial charge in [0.2, 0.25) is 0 Å². The average molecular weight is 1040 g/mol. The Labute approximate surface area is 438 Å². The molecular formula is C60H102N2NiO8. The molecule has 2 aromatic rings. The van der Waals surface area contributed by atoms with Crippen molar-refractivity contribution < 1.29 is 60.1 Å². The summed E-state index contributed by atoms with van der Waals surface area (Å²) in [5, 5.41) is 84.9. The van der Waals surface area contributed by atoms with Crippen LogP contribution in [-0.2, 0) is 40.1 Å². The summed E-state index contributed by atoms with van der Waals surface area (Å²) in [6.07, 6.45) is 21.6. The van der Waals surface area contributed by atoms with Gasteiger partial charge in [-0.25, -0.2) is 0 Å². The molecule has 11 heteroatoms. The van der Waals surface area contributed by atoms with Crippen LogP contribution in [0, 0.1) is 0 Å². The van der Waals surface area contributed by atoms with E-state index in [9.17, 15) is 46.4 Å². The summed E-state index contributed by atoms with van der Waals surface area (Å²) in [5.41, 5.74) is 17.7. The number of rotatable bonds is 41. The van der Waals surface area contributed by atoms with E-state index >= 15 is 0 Å². The van der Waals surface area contributed by atoms with Crippen molar-refractivity contribution in [3.8, 4) is 0 Å². The van der Waals surface area contributed by atoms with Crippen molar-refractivity contribution in [2.24, 2.45) is 0 Å². The van der Waals surface area contributed by atoms with Crippen molar-refractivity contribution >= 4 is 11.4 Å². The van der Waals surface area contributed by atoms with Gasteiger partial charge in [-0.1, -0.05) is 89.8 Å². The molecule has 0 amide bonds. The molecule has 0 saturated heterocycles. The molecular weight excluding hydrogens is 935 g/mol. The van der Waals surface area contributed by atoms with Crippen LogP contribution in [0.3, 0.4) is 0 Å². The Morgan fingerprint density at radius 1 is 0.465 bits per heavy atom. The summed E-state index contributed by atoms with van der Waals surface area (Å²) in [6, 6.07) is 12.2. The number of benzene rings is 2. The SMILES string of the molecule is CCCCC(=C=[N+]=[N-])C(CCCC)=C(c1cc(CCCC)cc(CCCC)c1)c1cc(CC(O)C(O)C(O)CO)cc(CC(O)C(O)C(O)CO)c1.CCCCCCCC[CH2][Ni][CH2]CCCCCCCC. The fraction of sp³-hybridized carbons (Fsp3) is 0.733. The fourth-order valence-electron chi connectivity index (χ4n) is 8.85. The Morgan fingerprint density at radius 3 is 1.23 bits per heavy atom. The molecule has 0 aromatic heterocycles. The predicted octanol–water partition coefficient (Wildman–Crippen LogP) is 12.0. The number of nitrogens with zero attached hydrogens (tertiary/aromatic N) is 2. The van der Waals surface area contributed by atoms with Crippen molar-refractivity contribution in [3.05, 3.63) is 86.5 Å². The van der Waals surface area contributed by atoms with Gasteiger partial charge in [0.05, 0.1) is 31.0 Å². The third kappa shape index (κ3) is 28.7. The van der Waals surface area contributed by atoms with Crippen LogP contribution < -0.4 is 0 Å². The van der Waals surface area contributed by atoms with Gasteiger partial charge in [0.25, 0.3) is 0 Å². The van der Waals surface area contributed by atoms with Gasteiger partial charge in [0, 0.05) is 12.8 Å². The molecule has 6 unspecified atom stereocenters. The first kappa shape index (κ1) is 66.5. The van der Waals surface area contributed by atoms with Crippen molar-refractivity contribution in [2.45, 2.75) is 269 Å². The molecule has 0 heterocycles. The summed E-state index contributed by atoms with van der Waals surface area (Å²) in [5.74, 6) is 2.90. The first-order chi connectivity index (χ1) is 34.4. The van der Waals surface area contributed by atoms with E-state index in [1.54, 1.807) is 6.07 Å². The third-order valence-electron chi connectivity index (χ3n) is 13.2. The summed E-state index contributed by atoms with van der Waals surface area (Å²) >= 11 is 2.01. The molecule has 6 atom stereocenters. The standard InChI is InChI=1S/C42H64N2O8.2C9H19.Ni/c1-5-9-13-28-17-29(14-10-6-2)20-33(19-28)40(35(16-12-8-4)32(25-44-43)15-11-7-3)34-21-30(23-36(47)41(51)38(49)26-45)18-31(22-34)24-37(48)42(52)39(50)27-46;2*1-3-5-7-9-8-6-4-2;/h17-22,36-39,41-42,45-52H,5-16,23-24,26-27H2,1-4H3;2*1,3-9H2,2H3;. The Morgan fingerprint density at radius 2 is 0.831 bits per heavy atom. The number of allylic oxidation sites excluding steroid dienone is 2. The topological polar surface area (TPSA) is 198 Å². The van der Waals surface area contributed by atoms with Gasteiger partial charge in [-0.2, -0.15) is 0 Å². The van der Waals surface area contributed by atoms with Crippen molar-refractivity contribution in [1.82, 2.24) is 0 Å². The van der Waals surface area contributed by atoms with Crippen molar-refractivity contribution in [3.63, 3.8) is 0 Å². The van der Waals surface area contributed by atoms with E-state index in [-0.39, 0.29) is 12.8 Å². The Kier molecular flexibility index (Phi) is 40.1. The van der Waals surface area contributed by atoms with Crippen LogP contribution in [-0.4, -0.2) is 101 Å². The maximum atomic E-state index is 11.0. The van der Waals surface area contributed by atoms with Gasteiger partial charge < -0.3 is 46.4 Å². The van der Waals surface area contributed by atoms with Gasteiger partial charge in [0.15, 0.2) is 0 Å². The summed E-state index contributed by atoms with van der Waals surface area (Å²) in [6.45, 7) is 11.7. The van der Waals surface area contributed by atoms with Crippen molar-refractivity contribution in [1.29, 1.82) is 0 Å². The van der Waals surface area contributed by atoms with E-state index in [0.717, 1.165) is 92.1 Å². The number of hydrogen-bond acceptors (Lipinski definition) is 8. The van der Waals surface area contributed by atoms with Crippen LogP contribution >= 0.6 is 0 Å². The molecule has 0 aliphatic carbocycles. The monoisotopic (exact) mass is 1040 g/mol. The number of hydrogen-bond donors (Lipinski definition) is 8. The molecule has 0 bridgehead atoms. The first-order valence-electron chi connectivity index (χ1n) is 28.1. The second kappa shape index (κ2) is 42.8. The van der Waals surface area contributed by atoms with Crippen LogP contribution in [0.2, 0.25) is 10.8 Å². The molecule has 0 spiro atoms. The minimum absolute atomic E-state index is 0.108. The van der Waals surface area contributed by atoms with Crippen LogP contribution in [0.1, 0.15) is 229 Å². The van der Waals surface area contributed by atoms with Crippen LogP contribution in [0.4, 0.5) is 0 Å². The summed E-state index contributed by atoms with van der Waals surface area (Å²) in [7, 11) is 0.